The first-order valence-corrected chi connectivity index (χ1v) is 36.8. The fourth-order valence-electron chi connectivity index (χ4n) is 11.3. The van der Waals surface area contributed by atoms with Crippen LogP contribution in [-0.2, 0) is 0 Å². The third-order valence-electron chi connectivity index (χ3n) is 24.9. The van der Waals surface area contributed by atoms with Gasteiger partial charge in [-0.25, -0.2) is 0 Å². The van der Waals surface area contributed by atoms with Gasteiger partial charge in [-0.15, -0.1) is 0 Å². The summed E-state index contributed by atoms with van der Waals surface area (Å²) in [4.78, 5) is 0. The summed E-state index contributed by atoms with van der Waals surface area (Å²) in [5.41, 5.74) is 3.99. The Morgan fingerprint density at radius 3 is 0.793 bits per heavy atom. The van der Waals surface area contributed by atoms with Crippen molar-refractivity contribution in [2.45, 2.75) is 379 Å². The zero-order valence-electron chi connectivity index (χ0n) is 65.5. The zero-order valence-corrected chi connectivity index (χ0v) is 65.5. The van der Waals surface area contributed by atoms with E-state index in [1.54, 1.807) is 19.3 Å². The van der Waals surface area contributed by atoms with Crippen LogP contribution in [0, 0.1) is 150 Å². The van der Waals surface area contributed by atoms with Crippen molar-refractivity contribution < 1.29 is 0 Å². The largest absolute Gasteiger partial charge is 0.0651 e. The highest BCUT2D eigenvalue weighted by atomic mass is 14.5. The van der Waals surface area contributed by atoms with E-state index in [1.165, 1.54) is 102 Å². The molecule has 0 N–H and O–H groups in total. The molecule has 9 atom stereocenters. The van der Waals surface area contributed by atoms with Crippen molar-refractivity contribution in [1.82, 2.24) is 0 Å². The standard InChI is InChI=1S/5C8H18.2C7H12.4C7H14/c1-7(2,3)8(4,5)6;2*1-6-7(2)8(3,4)5;1-6-8(4,5)7(2)3;1-6(2)8(5)7(3)4;1-7(4-5-7)6-2-3-6;1-5-4-7(5)6-2-3-6;1-6-4-7(2,3)5-6;2*1-5-4-6(2)7(5)3;1-3-7-4-6(2)5-7/h1-6H3;3*7H,6H2,1-5H3;6-8H,1-5H3;6H,2-5H2,1H3;5-7H,2-4H2,1H3;6H,4-5H2,1-3H3;2*5-7H,4H2,1-3H3;6-7H,3-5H2,1-2H3/t;7-;;;;;5-,7?;;5-,6?,7?;;/m.1....0.0../s1. The van der Waals surface area contributed by atoms with Gasteiger partial charge in [-0.05, 0) is 234 Å². The lowest BCUT2D eigenvalue weighted by Crippen LogP contribution is -2.29. The SMILES string of the molecule is CC(C)(C)C(C)(C)C.CC(C)C(C)C(C)C.CC1(C2CC2)CC1.CC1CC(C)(C)C1.CC1CC(C)C1C.CC1C[C@H](C)C1C.CCC(C)(C)C(C)C.CCC(C)C(C)(C)C.CCC1CC(C)C1.CC[C@@H](C)C(C)(C)C.C[C@H]1CC1C1CC1. The maximum atomic E-state index is 2.44. The van der Waals surface area contributed by atoms with Crippen LogP contribution in [0.25, 0.3) is 0 Å². The topological polar surface area (TPSA) is 0 Å². The molecule has 0 bridgehead atoms. The molecule has 0 amide bonds. The van der Waals surface area contributed by atoms with E-state index in [1.807, 2.05) is 0 Å². The molecule has 8 aliphatic carbocycles. The lowest BCUT2D eigenvalue weighted by molar-refractivity contribution is 0.111. The van der Waals surface area contributed by atoms with Crippen molar-refractivity contribution >= 4 is 0 Å². The highest BCUT2D eigenvalue weighted by Gasteiger charge is 2.49. The summed E-state index contributed by atoms with van der Waals surface area (Å²) in [6.07, 6.45) is 24.8. The van der Waals surface area contributed by atoms with Crippen LogP contribution < -0.4 is 0 Å². The van der Waals surface area contributed by atoms with E-state index in [9.17, 15) is 0 Å². The van der Waals surface area contributed by atoms with Gasteiger partial charge in [0, 0.05) is 0 Å². The smallest absolute Gasteiger partial charge is 0.0297 e. The van der Waals surface area contributed by atoms with Gasteiger partial charge in [0.1, 0.15) is 0 Å². The Morgan fingerprint density at radius 2 is 0.756 bits per heavy atom. The van der Waals surface area contributed by atoms with Crippen molar-refractivity contribution in [2.75, 3.05) is 0 Å². The van der Waals surface area contributed by atoms with Crippen LogP contribution in [0.4, 0.5) is 0 Å². The predicted molar refractivity (Wildman–Crippen MR) is 383 cm³/mol. The summed E-state index contributed by atoms with van der Waals surface area (Å²) in [6.45, 7) is 89.9. The van der Waals surface area contributed by atoms with Crippen LogP contribution in [0.1, 0.15) is 379 Å². The minimum absolute atomic E-state index is 0.437. The van der Waals surface area contributed by atoms with Crippen LogP contribution >= 0.6 is 0 Å². The molecule has 0 spiro atoms. The van der Waals surface area contributed by atoms with Crippen molar-refractivity contribution in [1.29, 1.82) is 0 Å². The second-order valence-electron chi connectivity index (χ2n) is 38.0. The fraction of sp³-hybridized carbons (Fsp3) is 1.00. The van der Waals surface area contributed by atoms with Gasteiger partial charge in [0.2, 0.25) is 0 Å². The Labute approximate surface area is 526 Å². The van der Waals surface area contributed by atoms with E-state index in [4.69, 9.17) is 0 Å². The maximum Gasteiger partial charge on any atom is -0.0297 e. The highest BCUT2D eigenvalue weighted by Crippen LogP contribution is 2.60. The van der Waals surface area contributed by atoms with Crippen molar-refractivity contribution in [3.63, 3.8) is 0 Å². The molecule has 0 aromatic carbocycles. The van der Waals surface area contributed by atoms with Gasteiger partial charge >= 0.3 is 0 Å². The van der Waals surface area contributed by atoms with Crippen LogP contribution in [-0.4, -0.2) is 0 Å². The highest BCUT2D eigenvalue weighted by molar-refractivity contribution is 5.00. The Morgan fingerprint density at radius 1 is 0.427 bits per heavy atom. The Bertz CT molecular complexity index is 1430. The first kappa shape index (κ1) is 86.2. The van der Waals surface area contributed by atoms with Crippen LogP contribution in [0.2, 0.25) is 0 Å². The van der Waals surface area contributed by atoms with E-state index in [2.05, 4.69) is 270 Å². The molecular weight excluding hydrogens is 985 g/mol. The molecule has 8 fully saturated rings. The first-order chi connectivity index (χ1) is 36.8. The quantitative estimate of drug-likeness (QED) is 0.216. The second-order valence-corrected chi connectivity index (χ2v) is 38.0. The number of hydrogen-bond donors (Lipinski definition) is 0. The maximum absolute atomic E-state index is 2.44. The molecule has 0 heterocycles. The van der Waals surface area contributed by atoms with E-state index in [-0.39, 0.29) is 0 Å². The molecule has 8 rings (SSSR count). The van der Waals surface area contributed by atoms with Gasteiger partial charge in [-0.3, -0.25) is 0 Å². The number of hydrogen-bond acceptors (Lipinski definition) is 0. The minimum Gasteiger partial charge on any atom is -0.0651 e. The van der Waals surface area contributed by atoms with Crippen molar-refractivity contribution in [3.8, 4) is 0 Å². The van der Waals surface area contributed by atoms with Gasteiger partial charge in [0.15, 0.2) is 0 Å². The molecular formula is C82H170. The fourth-order valence-corrected chi connectivity index (χ4v) is 11.3. The van der Waals surface area contributed by atoms with E-state index < -0.39 is 0 Å². The average Bonchev–Trinajstić information content (AvgIpc) is 4.11. The third-order valence-corrected chi connectivity index (χ3v) is 24.9. The molecule has 8 aliphatic rings. The molecule has 8 saturated carbocycles. The van der Waals surface area contributed by atoms with Crippen LogP contribution in [0.3, 0.4) is 0 Å². The van der Waals surface area contributed by atoms with E-state index in [0.29, 0.717) is 32.5 Å². The van der Waals surface area contributed by atoms with Crippen LogP contribution in [0.15, 0.2) is 0 Å². The molecule has 0 nitrogen and oxygen atoms in total. The molecule has 82 heavy (non-hydrogen) atoms. The first-order valence-electron chi connectivity index (χ1n) is 36.8. The molecule has 0 aromatic rings. The second kappa shape index (κ2) is 38.5. The summed E-state index contributed by atoms with van der Waals surface area (Å²) in [6, 6.07) is 0. The van der Waals surface area contributed by atoms with Gasteiger partial charge < -0.3 is 0 Å². The molecule has 0 heteroatoms. The minimum atomic E-state index is 0.437. The summed E-state index contributed by atoms with van der Waals surface area (Å²) in [5.74, 6) is 18.9. The van der Waals surface area contributed by atoms with E-state index >= 15 is 0 Å². The van der Waals surface area contributed by atoms with Crippen molar-refractivity contribution in [2.24, 2.45) is 150 Å². The summed E-state index contributed by atoms with van der Waals surface area (Å²) in [7, 11) is 0. The van der Waals surface area contributed by atoms with Gasteiger partial charge in [0.05, 0.1) is 0 Å². The molecule has 6 unspecified atom stereocenters. The zero-order chi connectivity index (χ0) is 65.5. The van der Waals surface area contributed by atoms with Gasteiger partial charge in [-0.2, -0.15) is 0 Å². The monoisotopic (exact) mass is 1160 g/mol. The van der Waals surface area contributed by atoms with Gasteiger partial charge in [-0.1, -0.05) is 296 Å². The summed E-state index contributed by atoms with van der Waals surface area (Å²) >= 11 is 0. The Balaban J connectivity index is -0.000000837. The summed E-state index contributed by atoms with van der Waals surface area (Å²) in [5, 5.41) is 0. The van der Waals surface area contributed by atoms with Gasteiger partial charge in [0.25, 0.3) is 0 Å². The number of rotatable bonds is 9. The molecule has 0 radical (unpaired) electrons. The normalized spacial score (nSPS) is 28.9. The summed E-state index contributed by atoms with van der Waals surface area (Å²) < 4.78 is 0. The lowest BCUT2D eigenvalue weighted by Gasteiger charge is -2.40. The molecule has 0 aromatic heterocycles. The molecule has 498 valence electrons. The Kier molecular flexibility index (Phi) is 40.5. The molecule has 0 saturated heterocycles. The Hall–Kier alpha value is 0. The predicted octanol–water partition coefficient (Wildman–Crippen LogP) is 29.0. The van der Waals surface area contributed by atoms with E-state index in [0.717, 1.165) is 106 Å². The third kappa shape index (κ3) is 39.1. The lowest BCUT2D eigenvalue weighted by atomic mass is 9.65. The molecule has 0 aliphatic heterocycles. The van der Waals surface area contributed by atoms with Crippen molar-refractivity contribution in [3.05, 3.63) is 0 Å². The van der Waals surface area contributed by atoms with Crippen LogP contribution in [0.5, 0.6) is 0 Å². The average molecular weight is 1160 g/mol.